The fourth-order valence-corrected chi connectivity index (χ4v) is 2.18. The summed E-state index contributed by atoms with van der Waals surface area (Å²) in [7, 11) is 0. The van der Waals surface area contributed by atoms with Crippen molar-refractivity contribution in [2.45, 2.75) is 13.8 Å². The highest BCUT2D eigenvalue weighted by Gasteiger charge is 2.26. The quantitative estimate of drug-likeness (QED) is 0.754. The van der Waals surface area contributed by atoms with Crippen LogP contribution < -0.4 is 5.32 Å². The van der Waals surface area contributed by atoms with E-state index in [9.17, 15) is 5.11 Å². The highest BCUT2D eigenvalue weighted by Crippen LogP contribution is 2.34. The topological polar surface area (TPSA) is 60.4 Å². The van der Waals surface area contributed by atoms with E-state index in [-0.39, 0.29) is 11.7 Å². The van der Waals surface area contributed by atoms with Gasteiger partial charge in [0.25, 0.3) is 0 Å². The Bertz CT molecular complexity index is 654. The molecule has 0 unspecified atom stereocenters. The Hall–Kier alpha value is -2.72. The number of allylic oxidation sites excluding steroid dienone is 2. The van der Waals surface area contributed by atoms with Gasteiger partial charge in [-0.2, -0.15) is 5.26 Å². The van der Waals surface area contributed by atoms with Gasteiger partial charge in [-0.1, -0.05) is 19.1 Å². The molecule has 2 rings (SSSR count). The number of nitrogens with zero attached hydrogens (tertiary/aromatic N) is 2. The molecule has 1 heterocycles. The fourth-order valence-electron chi connectivity index (χ4n) is 2.18. The molecule has 0 saturated heterocycles. The monoisotopic (exact) mass is 251 g/mol. The van der Waals surface area contributed by atoms with Gasteiger partial charge in [0, 0.05) is 22.9 Å². The van der Waals surface area contributed by atoms with Crippen LogP contribution in [0.4, 0.5) is 0 Å². The summed E-state index contributed by atoms with van der Waals surface area (Å²) in [5.41, 5.74) is 3.41. The standard InChI is InChI=1S/C15H13N3O/c1-9-13(8-16)10(2)18-15(14(9)17-3)11-4-6-12(19)7-5-11/h4-7,9,18-19H,1-2H3/t9-/m1/s1. The second kappa shape index (κ2) is 4.88. The van der Waals surface area contributed by atoms with Crippen LogP contribution in [0.2, 0.25) is 0 Å². The zero-order valence-electron chi connectivity index (χ0n) is 10.7. The second-order valence-corrected chi connectivity index (χ2v) is 4.42. The lowest BCUT2D eigenvalue weighted by Gasteiger charge is -2.25. The minimum Gasteiger partial charge on any atom is -0.508 e. The average Bonchev–Trinajstić information content (AvgIpc) is 2.39. The van der Waals surface area contributed by atoms with Gasteiger partial charge in [0.2, 0.25) is 0 Å². The van der Waals surface area contributed by atoms with Crippen LogP contribution in [-0.2, 0) is 0 Å². The lowest BCUT2D eigenvalue weighted by atomic mass is 9.90. The summed E-state index contributed by atoms with van der Waals surface area (Å²) < 4.78 is 0. The molecule has 2 N–H and O–H groups in total. The number of phenolic OH excluding ortho intramolecular Hbond substituents is 1. The predicted molar refractivity (Wildman–Crippen MR) is 72.2 cm³/mol. The molecule has 19 heavy (non-hydrogen) atoms. The third kappa shape index (κ3) is 2.17. The van der Waals surface area contributed by atoms with Crippen LogP contribution in [-0.4, -0.2) is 5.11 Å². The third-order valence-electron chi connectivity index (χ3n) is 3.21. The summed E-state index contributed by atoms with van der Waals surface area (Å²) in [6.07, 6.45) is 0. The molecular formula is C15H13N3O. The van der Waals surface area contributed by atoms with E-state index in [0.717, 1.165) is 11.3 Å². The molecule has 0 fully saturated rings. The summed E-state index contributed by atoms with van der Waals surface area (Å²) in [6.45, 7) is 11.0. The van der Waals surface area contributed by atoms with Gasteiger partial charge in [0.1, 0.15) is 5.75 Å². The van der Waals surface area contributed by atoms with Gasteiger partial charge < -0.3 is 10.4 Å². The minimum atomic E-state index is -0.215. The molecule has 4 heteroatoms. The van der Waals surface area contributed by atoms with Crippen molar-refractivity contribution >= 4 is 5.70 Å². The number of hydrogen-bond acceptors (Lipinski definition) is 3. The molecule has 1 aliphatic heterocycles. The van der Waals surface area contributed by atoms with E-state index in [1.807, 2.05) is 13.8 Å². The van der Waals surface area contributed by atoms with Gasteiger partial charge in [-0.05, 0) is 24.6 Å². The average molecular weight is 251 g/mol. The number of nitriles is 1. The number of nitrogens with one attached hydrogen (secondary N) is 1. The van der Waals surface area contributed by atoms with Crippen LogP contribution in [0.3, 0.4) is 0 Å². The molecule has 1 aromatic rings. The lowest BCUT2D eigenvalue weighted by molar-refractivity contribution is 0.475. The molecule has 1 aliphatic rings. The predicted octanol–water partition coefficient (Wildman–Crippen LogP) is 3.02. The molecular weight excluding hydrogens is 238 g/mol. The fraction of sp³-hybridized carbons (Fsp3) is 0.200. The molecule has 94 valence electrons. The molecule has 0 amide bonds. The van der Waals surface area contributed by atoms with E-state index in [1.54, 1.807) is 24.3 Å². The van der Waals surface area contributed by atoms with Gasteiger partial charge >= 0.3 is 0 Å². The Morgan fingerprint density at radius 1 is 1.37 bits per heavy atom. The minimum absolute atomic E-state index is 0.183. The molecule has 0 bridgehead atoms. The SMILES string of the molecule is [C-]#[N+]C1=C(c2ccc(O)cc2)NC(C)=C(C#N)[C@H]1C. The number of hydrogen-bond donors (Lipinski definition) is 2. The van der Waals surface area contributed by atoms with E-state index in [1.165, 1.54) is 0 Å². The summed E-state index contributed by atoms with van der Waals surface area (Å²) >= 11 is 0. The van der Waals surface area contributed by atoms with Crippen molar-refractivity contribution in [3.8, 4) is 11.8 Å². The van der Waals surface area contributed by atoms with Gasteiger partial charge in [-0.3, -0.25) is 0 Å². The smallest absolute Gasteiger partial charge is 0.196 e. The molecule has 0 aliphatic carbocycles. The molecule has 0 radical (unpaired) electrons. The van der Waals surface area contributed by atoms with Crippen molar-refractivity contribution < 1.29 is 5.11 Å². The Morgan fingerprint density at radius 2 is 2.00 bits per heavy atom. The highest BCUT2D eigenvalue weighted by molar-refractivity contribution is 5.73. The van der Waals surface area contributed by atoms with Crippen LogP contribution in [0.1, 0.15) is 19.4 Å². The number of rotatable bonds is 1. The maximum Gasteiger partial charge on any atom is 0.196 e. The normalized spacial score (nSPS) is 18.6. The van der Waals surface area contributed by atoms with Gasteiger partial charge in [-0.15, -0.1) is 0 Å². The summed E-state index contributed by atoms with van der Waals surface area (Å²) in [4.78, 5) is 3.56. The van der Waals surface area contributed by atoms with E-state index >= 15 is 0 Å². The zero-order valence-corrected chi connectivity index (χ0v) is 10.7. The number of benzene rings is 1. The van der Waals surface area contributed by atoms with Crippen molar-refractivity contribution in [1.82, 2.24) is 5.32 Å². The maximum absolute atomic E-state index is 9.31. The van der Waals surface area contributed by atoms with Crippen LogP contribution in [0.15, 0.2) is 41.2 Å². The Labute approximate surface area is 112 Å². The lowest BCUT2D eigenvalue weighted by Crippen LogP contribution is -2.22. The molecule has 0 saturated carbocycles. The van der Waals surface area contributed by atoms with Crippen LogP contribution in [0.25, 0.3) is 10.5 Å². The summed E-state index contributed by atoms with van der Waals surface area (Å²) in [5, 5.41) is 21.6. The first-order valence-electron chi connectivity index (χ1n) is 5.87. The van der Waals surface area contributed by atoms with Crippen molar-refractivity contribution in [3.63, 3.8) is 0 Å². The van der Waals surface area contributed by atoms with Crippen LogP contribution >= 0.6 is 0 Å². The largest absolute Gasteiger partial charge is 0.508 e. The second-order valence-electron chi connectivity index (χ2n) is 4.42. The van der Waals surface area contributed by atoms with Crippen molar-refractivity contribution in [2.24, 2.45) is 5.92 Å². The summed E-state index contributed by atoms with van der Waals surface area (Å²) in [5.74, 6) is -0.0323. The van der Waals surface area contributed by atoms with Gasteiger partial charge in [0.15, 0.2) is 5.70 Å². The summed E-state index contributed by atoms with van der Waals surface area (Å²) in [6, 6.07) is 8.81. The van der Waals surface area contributed by atoms with Crippen molar-refractivity contribution in [3.05, 3.63) is 58.2 Å². The number of aromatic hydroxyl groups is 1. The van der Waals surface area contributed by atoms with Crippen LogP contribution in [0.5, 0.6) is 5.75 Å². The highest BCUT2D eigenvalue weighted by atomic mass is 16.3. The third-order valence-corrected chi connectivity index (χ3v) is 3.21. The molecule has 1 atom stereocenters. The van der Waals surface area contributed by atoms with Crippen molar-refractivity contribution in [1.29, 1.82) is 5.26 Å². The van der Waals surface area contributed by atoms with Crippen molar-refractivity contribution in [2.75, 3.05) is 0 Å². The number of dihydropyridines is 1. The first-order chi connectivity index (χ1) is 9.08. The van der Waals surface area contributed by atoms with E-state index in [4.69, 9.17) is 11.8 Å². The van der Waals surface area contributed by atoms with E-state index < -0.39 is 0 Å². The van der Waals surface area contributed by atoms with E-state index in [0.29, 0.717) is 17.0 Å². The van der Waals surface area contributed by atoms with Gasteiger partial charge in [0.05, 0.1) is 12.6 Å². The van der Waals surface area contributed by atoms with Crippen LogP contribution in [0, 0.1) is 23.8 Å². The van der Waals surface area contributed by atoms with E-state index in [2.05, 4.69) is 16.2 Å². The molecule has 0 spiro atoms. The first-order valence-corrected chi connectivity index (χ1v) is 5.87. The molecule has 4 nitrogen and oxygen atoms in total. The Morgan fingerprint density at radius 3 is 2.53 bits per heavy atom. The Kier molecular flexibility index (Phi) is 3.27. The molecule has 0 aromatic heterocycles. The molecule has 1 aromatic carbocycles. The Balaban J connectivity index is 2.54. The van der Waals surface area contributed by atoms with Gasteiger partial charge in [-0.25, -0.2) is 4.85 Å². The number of phenols is 1. The first kappa shape index (κ1) is 12.7. The zero-order chi connectivity index (χ0) is 14.0. The maximum atomic E-state index is 9.31.